The van der Waals surface area contributed by atoms with Crippen molar-refractivity contribution in [1.82, 2.24) is 15.2 Å². The third kappa shape index (κ3) is 7.75. The fourth-order valence-corrected chi connectivity index (χ4v) is 2.99. The van der Waals surface area contributed by atoms with Crippen LogP contribution in [0.3, 0.4) is 0 Å². The van der Waals surface area contributed by atoms with Gasteiger partial charge in [0.05, 0.1) is 0 Å². The van der Waals surface area contributed by atoms with Crippen LogP contribution in [-0.2, 0) is 0 Å². The maximum Gasteiger partial charge on any atom is 0.196 e. The fourth-order valence-electron chi connectivity index (χ4n) is 2.99. The molecule has 0 bridgehead atoms. The molecule has 2 N–H and O–H groups in total. The zero-order valence-corrected chi connectivity index (χ0v) is 19.7. The smallest absolute Gasteiger partial charge is 0.196 e. The van der Waals surface area contributed by atoms with Crippen molar-refractivity contribution in [3.8, 4) is 0 Å². The number of unbranched alkanes of at least 4 members (excludes halogenated alkanes) is 1. The van der Waals surface area contributed by atoms with Crippen LogP contribution >= 0.6 is 0 Å². The van der Waals surface area contributed by atoms with Gasteiger partial charge in [0.15, 0.2) is 5.96 Å². The molecule has 2 aromatic rings. The molecule has 1 saturated heterocycles. The van der Waals surface area contributed by atoms with Crippen LogP contribution in [0.4, 0.5) is 5.82 Å². The summed E-state index contributed by atoms with van der Waals surface area (Å²) in [5.41, 5.74) is 1.69. The number of aldehydes is 1. The Labute approximate surface area is 182 Å². The van der Waals surface area contributed by atoms with Crippen LogP contribution in [0.2, 0.25) is 0 Å². The number of aliphatic imine (C=N–C) groups is 1. The maximum absolute atomic E-state index is 10.9. The topological polar surface area (TPSA) is 69.6 Å². The van der Waals surface area contributed by atoms with Crippen molar-refractivity contribution >= 4 is 28.8 Å². The van der Waals surface area contributed by atoms with Crippen molar-refractivity contribution in [3.05, 3.63) is 35.5 Å². The lowest BCUT2D eigenvalue weighted by atomic mass is 10.1. The van der Waals surface area contributed by atoms with Gasteiger partial charge in [-0.05, 0) is 57.3 Å². The van der Waals surface area contributed by atoms with Crippen molar-refractivity contribution in [2.45, 2.75) is 59.4 Å². The molecule has 1 aromatic carbocycles. The van der Waals surface area contributed by atoms with Crippen LogP contribution in [0, 0.1) is 6.92 Å². The molecule has 1 aliphatic rings. The second kappa shape index (κ2) is 13.7. The van der Waals surface area contributed by atoms with Gasteiger partial charge in [-0.1, -0.05) is 38.8 Å². The van der Waals surface area contributed by atoms with Crippen molar-refractivity contribution < 1.29 is 4.79 Å². The quantitative estimate of drug-likeness (QED) is 0.426. The Morgan fingerprint density at radius 3 is 2.43 bits per heavy atom. The number of pyridine rings is 1. The van der Waals surface area contributed by atoms with Gasteiger partial charge < -0.3 is 15.5 Å². The van der Waals surface area contributed by atoms with Gasteiger partial charge in [0, 0.05) is 37.3 Å². The number of fused-ring (bicyclic) bond motifs is 1. The summed E-state index contributed by atoms with van der Waals surface area (Å²) in [6.07, 6.45) is 8.07. The van der Waals surface area contributed by atoms with E-state index in [-0.39, 0.29) is 0 Å². The largest absolute Gasteiger partial charge is 0.359 e. The molecular formula is C24H39N5O. The SMILES string of the molecule is CC1CCCN1C.CCCC.CN=C(NC)Nc1ncc(C)c2ccc(C=O)cc12. The highest BCUT2D eigenvalue weighted by Crippen LogP contribution is 2.25. The van der Waals surface area contributed by atoms with Crippen molar-refractivity contribution in [3.63, 3.8) is 0 Å². The fraction of sp³-hybridized carbons (Fsp3) is 0.542. The predicted molar refractivity (Wildman–Crippen MR) is 130 cm³/mol. The number of guanidine groups is 1. The minimum absolute atomic E-state index is 0.620. The molecule has 0 aliphatic carbocycles. The number of nitrogens with zero attached hydrogens (tertiary/aromatic N) is 3. The molecule has 6 nitrogen and oxygen atoms in total. The summed E-state index contributed by atoms with van der Waals surface area (Å²) >= 11 is 0. The highest BCUT2D eigenvalue weighted by molar-refractivity contribution is 6.03. The average molecular weight is 414 g/mol. The summed E-state index contributed by atoms with van der Waals surface area (Å²) in [4.78, 5) is 21.7. The second-order valence-corrected chi connectivity index (χ2v) is 7.63. The molecule has 0 spiro atoms. The normalized spacial score (nSPS) is 16.2. The minimum Gasteiger partial charge on any atom is -0.359 e. The number of carbonyl (C=O) groups excluding carboxylic acids is 1. The monoisotopic (exact) mass is 413 g/mol. The lowest BCUT2D eigenvalue weighted by Gasteiger charge is -2.12. The Hall–Kier alpha value is -2.47. The first-order chi connectivity index (χ1) is 14.4. The number of rotatable bonds is 3. The molecule has 1 atom stereocenters. The number of hydrogen-bond acceptors (Lipinski definition) is 4. The van der Waals surface area contributed by atoms with Gasteiger partial charge in [-0.3, -0.25) is 9.79 Å². The molecule has 3 rings (SSSR count). The molecule has 1 aliphatic heterocycles. The Bertz CT molecular complexity index is 809. The molecule has 6 heteroatoms. The first-order valence-electron chi connectivity index (χ1n) is 10.9. The Morgan fingerprint density at radius 2 is 2.00 bits per heavy atom. The molecule has 1 unspecified atom stereocenters. The van der Waals surface area contributed by atoms with Crippen molar-refractivity contribution in [1.29, 1.82) is 0 Å². The van der Waals surface area contributed by atoms with Crippen LogP contribution in [0.1, 0.15) is 62.4 Å². The van der Waals surface area contributed by atoms with Gasteiger partial charge >= 0.3 is 0 Å². The number of benzene rings is 1. The van der Waals surface area contributed by atoms with Crippen LogP contribution in [0.15, 0.2) is 29.4 Å². The number of likely N-dealkylation sites (tertiary alicyclic amines) is 1. The van der Waals surface area contributed by atoms with E-state index in [9.17, 15) is 4.79 Å². The van der Waals surface area contributed by atoms with E-state index in [0.29, 0.717) is 17.3 Å². The van der Waals surface area contributed by atoms with E-state index < -0.39 is 0 Å². The van der Waals surface area contributed by atoms with E-state index in [1.54, 1.807) is 26.4 Å². The third-order valence-corrected chi connectivity index (χ3v) is 5.33. The van der Waals surface area contributed by atoms with Crippen molar-refractivity contribution in [2.75, 3.05) is 33.0 Å². The summed E-state index contributed by atoms with van der Waals surface area (Å²) in [6, 6.07) is 6.41. The predicted octanol–water partition coefficient (Wildman–Crippen LogP) is 4.88. The van der Waals surface area contributed by atoms with Crippen LogP contribution < -0.4 is 10.6 Å². The highest BCUT2D eigenvalue weighted by Gasteiger charge is 2.14. The third-order valence-electron chi connectivity index (χ3n) is 5.33. The average Bonchev–Trinajstić information content (AvgIpc) is 3.16. The summed E-state index contributed by atoms with van der Waals surface area (Å²) in [5.74, 6) is 1.30. The van der Waals surface area contributed by atoms with E-state index in [0.717, 1.165) is 28.7 Å². The molecule has 1 aromatic heterocycles. The number of aromatic nitrogens is 1. The van der Waals surface area contributed by atoms with Gasteiger partial charge in [0.1, 0.15) is 12.1 Å². The Balaban J connectivity index is 0.000000336. The zero-order chi connectivity index (χ0) is 22.5. The highest BCUT2D eigenvalue weighted by atomic mass is 16.1. The minimum atomic E-state index is 0.620. The molecular weight excluding hydrogens is 374 g/mol. The van der Waals surface area contributed by atoms with E-state index in [1.807, 2.05) is 19.1 Å². The first kappa shape index (κ1) is 25.6. The standard InChI is InChI=1S/C14H16N4O.C6H13N.C4H10/c1-9-7-17-13(18-14(15-2)16-3)12-6-10(8-19)4-5-11(9)12;1-6-4-3-5-7(6)2;1-3-4-2/h4-8H,1-3H3,(H2,15,16,17,18);6H,3-5H2,1-2H3;3-4H2,1-2H3. The van der Waals surface area contributed by atoms with E-state index in [2.05, 4.69) is 53.3 Å². The summed E-state index contributed by atoms with van der Waals surface area (Å²) in [7, 11) is 5.66. The summed E-state index contributed by atoms with van der Waals surface area (Å²) in [5, 5.41) is 8.02. The zero-order valence-electron chi connectivity index (χ0n) is 19.7. The lowest BCUT2D eigenvalue weighted by molar-refractivity contribution is 0.112. The van der Waals surface area contributed by atoms with Gasteiger partial charge in [-0.15, -0.1) is 0 Å². The second-order valence-electron chi connectivity index (χ2n) is 7.63. The van der Waals surface area contributed by atoms with Crippen molar-refractivity contribution in [2.24, 2.45) is 4.99 Å². The number of carbonyl (C=O) groups is 1. The van der Waals surface area contributed by atoms with E-state index in [4.69, 9.17) is 0 Å². The number of nitrogens with one attached hydrogen (secondary N) is 2. The number of anilines is 1. The summed E-state index contributed by atoms with van der Waals surface area (Å²) < 4.78 is 0. The van der Waals surface area contributed by atoms with E-state index in [1.165, 1.54) is 32.2 Å². The number of hydrogen-bond donors (Lipinski definition) is 2. The lowest BCUT2D eigenvalue weighted by Crippen LogP contribution is -2.27. The van der Waals surface area contributed by atoms with E-state index >= 15 is 0 Å². The molecule has 1 fully saturated rings. The Kier molecular flexibility index (Phi) is 11.7. The maximum atomic E-state index is 10.9. The molecule has 0 radical (unpaired) electrons. The van der Waals surface area contributed by atoms with Gasteiger partial charge in [-0.25, -0.2) is 4.98 Å². The van der Waals surface area contributed by atoms with Gasteiger partial charge in [-0.2, -0.15) is 0 Å². The molecule has 0 amide bonds. The van der Waals surface area contributed by atoms with Crippen LogP contribution in [0.25, 0.3) is 10.8 Å². The van der Waals surface area contributed by atoms with Gasteiger partial charge in [0.2, 0.25) is 0 Å². The Morgan fingerprint density at radius 1 is 1.30 bits per heavy atom. The molecule has 0 saturated carbocycles. The molecule has 2 heterocycles. The van der Waals surface area contributed by atoms with Gasteiger partial charge in [0.25, 0.3) is 0 Å². The first-order valence-corrected chi connectivity index (χ1v) is 10.9. The number of aryl methyl sites for hydroxylation is 1. The van der Waals surface area contributed by atoms with Crippen LogP contribution in [0.5, 0.6) is 0 Å². The van der Waals surface area contributed by atoms with Crippen LogP contribution in [-0.4, -0.2) is 55.9 Å². The molecule has 30 heavy (non-hydrogen) atoms. The molecule has 166 valence electrons. The summed E-state index contributed by atoms with van der Waals surface area (Å²) in [6.45, 7) is 9.95.